The van der Waals surface area contributed by atoms with Crippen molar-refractivity contribution in [2.45, 2.75) is 4.90 Å². The third-order valence-corrected chi connectivity index (χ3v) is 4.08. The number of fused-ring (bicyclic) bond motifs is 1. The van der Waals surface area contributed by atoms with E-state index >= 15 is 0 Å². The van der Waals surface area contributed by atoms with Crippen molar-refractivity contribution in [1.29, 1.82) is 0 Å². The lowest BCUT2D eigenvalue weighted by molar-refractivity contribution is 1.43. The largest absolute Gasteiger partial charge is 0.375 e. The number of nitrogen functional groups attached to an aromatic ring is 1. The zero-order chi connectivity index (χ0) is 9.42. The predicted molar refractivity (Wildman–Crippen MR) is 63.1 cm³/mol. The van der Waals surface area contributed by atoms with Crippen molar-refractivity contribution in [2.24, 2.45) is 0 Å². The molecule has 0 spiro atoms. The van der Waals surface area contributed by atoms with Crippen LogP contribution in [0.1, 0.15) is 0 Å². The van der Waals surface area contributed by atoms with Crippen LogP contribution in [0.2, 0.25) is 0 Å². The molecule has 0 aliphatic heterocycles. The first-order chi connectivity index (χ1) is 6.16. The maximum absolute atomic E-state index is 5.63. The van der Waals surface area contributed by atoms with Crippen LogP contribution < -0.4 is 5.73 Å². The normalized spacial score (nSPS) is 12.0. The van der Waals surface area contributed by atoms with E-state index < -0.39 is 0 Å². The third kappa shape index (κ3) is 1.64. The Bertz CT molecular complexity index is 434. The highest BCUT2D eigenvalue weighted by Gasteiger charge is 2.02. The topological polar surface area (TPSA) is 38.9 Å². The second-order valence-electron chi connectivity index (χ2n) is 3.10. The van der Waals surface area contributed by atoms with Gasteiger partial charge in [0.15, 0.2) is 5.13 Å². The number of nitrogens with zero attached hydrogens (tertiary/aromatic N) is 1. The summed E-state index contributed by atoms with van der Waals surface area (Å²) in [6.07, 6.45) is 4.48. The predicted octanol–water partition coefficient (Wildman–Crippen LogP) is 2.50. The van der Waals surface area contributed by atoms with Crippen molar-refractivity contribution in [3.05, 3.63) is 18.2 Å². The van der Waals surface area contributed by atoms with Crippen LogP contribution in [-0.2, 0) is 0 Å². The SMILES string of the molecule is C[SH](C)c1ccc2sc(N)nc2c1. The van der Waals surface area contributed by atoms with Crippen LogP contribution in [0.5, 0.6) is 0 Å². The lowest BCUT2D eigenvalue weighted by Crippen LogP contribution is -1.80. The minimum absolute atomic E-state index is 0.0357. The number of thiol groups is 1. The molecule has 1 aromatic heterocycles. The summed E-state index contributed by atoms with van der Waals surface area (Å²) in [7, 11) is -0.0357. The molecule has 70 valence electrons. The summed E-state index contributed by atoms with van der Waals surface area (Å²) in [5.41, 5.74) is 6.67. The fraction of sp³-hybridized carbons (Fsp3) is 0.222. The molecule has 2 aromatic rings. The van der Waals surface area contributed by atoms with Crippen LogP contribution in [0.15, 0.2) is 23.1 Å². The molecule has 0 atom stereocenters. The maximum atomic E-state index is 5.63. The van der Waals surface area contributed by atoms with Gasteiger partial charge in [-0.2, -0.15) is 0 Å². The monoisotopic (exact) mass is 212 g/mol. The van der Waals surface area contributed by atoms with E-state index in [1.54, 1.807) is 11.3 Å². The molecule has 4 heteroatoms. The van der Waals surface area contributed by atoms with Gasteiger partial charge in [0.1, 0.15) is 0 Å². The molecule has 0 radical (unpaired) electrons. The number of thiazole rings is 1. The van der Waals surface area contributed by atoms with Crippen LogP contribution in [0.25, 0.3) is 10.2 Å². The molecule has 0 aliphatic rings. The number of anilines is 1. The quantitative estimate of drug-likeness (QED) is 0.713. The number of benzene rings is 1. The lowest BCUT2D eigenvalue weighted by Gasteiger charge is -2.07. The molecule has 1 heterocycles. The highest BCUT2D eigenvalue weighted by molar-refractivity contribution is 8.15. The van der Waals surface area contributed by atoms with Crippen molar-refractivity contribution < 1.29 is 0 Å². The Labute approximate surface area is 84.1 Å². The van der Waals surface area contributed by atoms with Crippen LogP contribution in [-0.4, -0.2) is 17.5 Å². The van der Waals surface area contributed by atoms with Gasteiger partial charge in [0.2, 0.25) is 0 Å². The Morgan fingerprint density at radius 1 is 1.38 bits per heavy atom. The van der Waals surface area contributed by atoms with Crippen molar-refractivity contribution >= 4 is 37.6 Å². The third-order valence-electron chi connectivity index (χ3n) is 1.90. The summed E-state index contributed by atoms with van der Waals surface area (Å²) in [6.45, 7) is 0. The van der Waals surface area contributed by atoms with Gasteiger partial charge in [-0.3, -0.25) is 0 Å². The fourth-order valence-corrected chi connectivity index (χ4v) is 2.68. The summed E-state index contributed by atoms with van der Waals surface area (Å²) in [5, 5.41) is 0.656. The van der Waals surface area contributed by atoms with Crippen molar-refractivity contribution in [3.8, 4) is 0 Å². The number of hydrogen-bond donors (Lipinski definition) is 2. The van der Waals surface area contributed by atoms with Gasteiger partial charge >= 0.3 is 0 Å². The molecule has 13 heavy (non-hydrogen) atoms. The average Bonchev–Trinajstić information content (AvgIpc) is 2.42. The molecule has 1 aromatic carbocycles. The van der Waals surface area contributed by atoms with Crippen LogP contribution in [0.4, 0.5) is 5.13 Å². The molecule has 0 aliphatic carbocycles. The number of hydrogen-bond acceptors (Lipinski definition) is 3. The zero-order valence-electron chi connectivity index (χ0n) is 7.61. The molecule has 2 N–H and O–H groups in total. The van der Waals surface area contributed by atoms with E-state index in [-0.39, 0.29) is 10.9 Å². The molecular weight excluding hydrogens is 200 g/mol. The van der Waals surface area contributed by atoms with E-state index in [0.717, 1.165) is 5.52 Å². The molecule has 2 nitrogen and oxygen atoms in total. The van der Waals surface area contributed by atoms with E-state index in [9.17, 15) is 0 Å². The second kappa shape index (κ2) is 3.20. The van der Waals surface area contributed by atoms with Crippen molar-refractivity contribution in [1.82, 2.24) is 4.98 Å². The van der Waals surface area contributed by atoms with Gasteiger partial charge in [0.25, 0.3) is 0 Å². The number of nitrogens with two attached hydrogens (primary N) is 1. The average molecular weight is 212 g/mol. The van der Waals surface area contributed by atoms with Crippen molar-refractivity contribution in [2.75, 3.05) is 18.2 Å². The Hall–Kier alpha value is -0.740. The Kier molecular flexibility index (Phi) is 2.17. The fourth-order valence-electron chi connectivity index (χ4n) is 1.21. The van der Waals surface area contributed by atoms with Gasteiger partial charge in [-0.1, -0.05) is 11.3 Å². The van der Waals surface area contributed by atoms with E-state index in [1.807, 2.05) is 0 Å². The number of aromatic nitrogens is 1. The summed E-state index contributed by atoms with van der Waals surface area (Å²) >= 11 is 1.55. The first-order valence-corrected chi connectivity index (χ1v) is 7.05. The molecule has 0 fully saturated rings. The van der Waals surface area contributed by atoms with Crippen LogP contribution in [0, 0.1) is 0 Å². The molecular formula is C9H12N2S2. The molecule has 0 saturated heterocycles. The zero-order valence-corrected chi connectivity index (χ0v) is 9.32. The highest BCUT2D eigenvalue weighted by Crippen LogP contribution is 2.32. The smallest absolute Gasteiger partial charge is 0.181 e. The van der Waals surface area contributed by atoms with E-state index in [1.165, 1.54) is 9.60 Å². The molecule has 0 amide bonds. The number of rotatable bonds is 1. The van der Waals surface area contributed by atoms with Gasteiger partial charge in [-0.25, -0.2) is 15.9 Å². The van der Waals surface area contributed by atoms with Gasteiger partial charge < -0.3 is 5.73 Å². The summed E-state index contributed by atoms with van der Waals surface area (Å²) in [5.74, 6) is 0. The molecule has 0 unspecified atom stereocenters. The Balaban J connectivity index is 2.61. The van der Waals surface area contributed by atoms with Crippen molar-refractivity contribution in [3.63, 3.8) is 0 Å². The van der Waals surface area contributed by atoms with Crippen LogP contribution in [0.3, 0.4) is 0 Å². The maximum Gasteiger partial charge on any atom is 0.181 e. The minimum Gasteiger partial charge on any atom is -0.375 e. The van der Waals surface area contributed by atoms with E-state index in [2.05, 4.69) is 35.7 Å². The van der Waals surface area contributed by atoms with Gasteiger partial charge in [0, 0.05) is 0 Å². The first kappa shape index (κ1) is 8.84. The standard InChI is InChI=1S/C9H12N2S2/c1-13(2)6-3-4-8-7(5-6)11-9(10)12-8/h3-5,13H,1-2H3,(H2,10,11). The summed E-state index contributed by atoms with van der Waals surface area (Å²) in [6, 6.07) is 6.43. The minimum atomic E-state index is -0.0357. The van der Waals surface area contributed by atoms with E-state index in [4.69, 9.17) is 5.73 Å². The Morgan fingerprint density at radius 3 is 2.85 bits per heavy atom. The Morgan fingerprint density at radius 2 is 2.15 bits per heavy atom. The summed E-state index contributed by atoms with van der Waals surface area (Å²) in [4.78, 5) is 5.65. The first-order valence-electron chi connectivity index (χ1n) is 4.00. The second-order valence-corrected chi connectivity index (χ2v) is 6.47. The molecule has 0 bridgehead atoms. The van der Waals surface area contributed by atoms with Gasteiger partial charge in [0.05, 0.1) is 10.2 Å². The molecule has 0 saturated carbocycles. The summed E-state index contributed by atoms with van der Waals surface area (Å²) < 4.78 is 1.18. The van der Waals surface area contributed by atoms with Gasteiger partial charge in [-0.15, -0.1) is 0 Å². The lowest BCUT2D eigenvalue weighted by atomic mass is 10.3. The van der Waals surface area contributed by atoms with E-state index in [0.29, 0.717) is 5.13 Å². The molecule has 2 rings (SSSR count). The highest BCUT2D eigenvalue weighted by atomic mass is 32.2. The van der Waals surface area contributed by atoms with Crippen LogP contribution >= 0.6 is 22.2 Å². The van der Waals surface area contributed by atoms with Gasteiger partial charge in [-0.05, 0) is 35.6 Å².